The number of rotatable bonds is 2. The van der Waals surface area contributed by atoms with Gasteiger partial charge in [-0.15, -0.1) is 0 Å². The molecule has 0 amide bonds. The van der Waals surface area contributed by atoms with E-state index in [4.69, 9.17) is 4.74 Å². The lowest BCUT2D eigenvalue weighted by Gasteiger charge is -2.21. The number of ether oxygens (including phenoxy) is 1. The molecule has 1 aliphatic heterocycles. The minimum Gasteiger partial charge on any atom is -0.497 e. The third-order valence-electron chi connectivity index (χ3n) is 3.87. The lowest BCUT2D eigenvalue weighted by molar-refractivity contribution is 0.414. The van der Waals surface area contributed by atoms with Gasteiger partial charge in [0.2, 0.25) is 0 Å². The molecule has 0 aliphatic carbocycles. The van der Waals surface area contributed by atoms with E-state index < -0.39 is 0 Å². The van der Waals surface area contributed by atoms with Crippen molar-refractivity contribution in [1.29, 1.82) is 0 Å². The van der Waals surface area contributed by atoms with Gasteiger partial charge in [0.25, 0.3) is 0 Å². The van der Waals surface area contributed by atoms with Crippen LogP contribution in [-0.2, 0) is 13.0 Å². The van der Waals surface area contributed by atoms with E-state index >= 15 is 0 Å². The number of nitrogens with one attached hydrogen (secondary N) is 1. The molecule has 98 valence electrons. The summed E-state index contributed by atoms with van der Waals surface area (Å²) in [6.45, 7) is 4.20. The average molecular weight is 253 g/mol. The standard InChI is InChI=1S/C17H19NO/c1-12-10-14(19-2)6-7-15(12)16-5-3-4-13-8-9-18-11-17(13)16/h3-7,10,18H,8-9,11H2,1-2H3. The lowest BCUT2D eigenvalue weighted by atomic mass is 9.90. The molecule has 2 aromatic carbocycles. The van der Waals surface area contributed by atoms with E-state index in [-0.39, 0.29) is 0 Å². The Morgan fingerprint density at radius 1 is 1.11 bits per heavy atom. The molecule has 1 N–H and O–H groups in total. The highest BCUT2D eigenvalue weighted by Crippen LogP contribution is 2.32. The van der Waals surface area contributed by atoms with Crippen LogP contribution in [0, 0.1) is 6.92 Å². The minimum atomic E-state index is 0.921. The summed E-state index contributed by atoms with van der Waals surface area (Å²) in [5.41, 5.74) is 6.85. The molecule has 0 spiro atoms. The number of aryl methyl sites for hydroxylation is 1. The molecule has 2 aromatic rings. The largest absolute Gasteiger partial charge is 0.497 e. The Morgan fingerprint density at radius 2 is 2.00 bits per heavy atom. The molecular formula is C17H19NO. The monoisotopic (exact) mass is 253 g/mol. The summed E-state index contributed by atoms with van der Waals surface area (Å²) in [5.74, 6) is 0.921. The van der Waals surface area contributed by atoms with Gasteiger partial charge in [-0.2, -0.15) is 0 Å². The summed E-state index contributed by atoms with van der Waals surface area (Å²) < 4.78 is 5.29. The predicted molar refractivity (Wildman–Crippen MR) is 78.6 cm³/mol. The topological polar surface area (TPSA) is 21.3 Å². The van der Waals surface area contributed by atoms with E-state index in [0.717, 1.165) is 25.3 Å². The van der Waals surface area contributed by atoms with Crippen molar-refractivity contribution in [2.45, 2.75) is 19.9 Å². The van der Waals surface area contributed by atoms with Gasteiger partial charge in [-0.25, -0.2) is 0 Å². The lowest BCUT2D eigenvalue weighted by Crippen LogP contribution is -2.24. The molecule has 2 heteroatoms. The first-order valence-electron chi connectivity index (χ1n) is 6.76. The van der Waals surface area contributed by atoms with Gasteiger partial charge in [0.1, 0.15) is 5.75 Å². The van der Waals surface area contributed by atoms with Gasteiger partial charge in [-0.3, -0.25) is 0 Å². The predicted octanol–water partition coefficient (Wildman–Crippen LogP) is 3.32. The van der Waals surface area contributed by atoms with Gasteiger partial charge in [-0.05, 0) is 59.8 Å². The third kappa shape index (κ3) is 2.24. The molecule has 19 heavy (non-hydrogen) atoms. The summed E-state index contributed by atoms with van der Waals surface area (Å²) in [7, 11) is 1.71. The molecule has 2 nitrogen and oxygen atoms in total. The van der Waals surface area contributed by atoms with Crippen LogP contribution in [0.4, 0.5) is 0 Å². The highest BCUT2D eigenvalue weighted by Gasteiger charge is 2.14. The zero-order valence-electron chi connectivity index (χ0n) is 11.5. The van der Waals surface area contributed by atoms with Gasteiger partial charge >= 0.3 is 0 Å². The Bertz CT molecular complexity index is 604. The van der Waals surface area contributed by atoms with Crippen LogP contribution in [0.2, 0.25) is 0 Å². The van der Waals surface area contributed by atoms with Gasteiger partial charge in [-0.1, -0.05) is 24.3 Å². The maximum atomic E-state index is 5.29. The first kappa shape index (κ1) is 12.2. The zero-order chi connectivity index (χ0) is 13.2. The molecule has 0 aromatic heterocycles. The summed E-state index contributed by atoms with van der Waals surface area (Å²) in [5, 5.41) is 3.47. The van der Waals surface area contributed by atoms with Crippen molar-refractivity contribution in [3.05, 3.63) is 53.1 Å². The van der Waals surface area contributed by atoms with E-state index in [1.165, 1.54) is 27.8 Å². The molecule has 0 radical (unpaired) electrons. The Balaban J connectivity index is 2.12. The molecule has 1 aliphatic rings. The van der Waals surface area contributed by atoms with Crippen molar-refractivity contribution >= 4 is 0 Å². The third-order valence-corrected chi connectivity index (χ3v) is 3.87. The van der Waals surface area contributed by atoms with Gasteiger partial charge in [0.15, 0.2) is 0 Å². The second-order valence-electron chi connectivity index (χ2n) is 5.05. The Hall–Kier alpha value is -1.80. The molecule has 0 unspecified atom stereocenters. The summed E-state index contributed by atoms with van der Waals surface area (Å²) >= 11 is 0. The molecule has 0 saturated carbocycles. The second kappa shape index (κ2) is 5.06. The maximum Gasteiger partial charge on any atom is 0.119 e. The molecule has 0 saturated heterocycles. The molecular weight excluding hydrogens is 234 g/mol. The highest BCUT2D eigenvalue weighted by atomic mass is 16.5. The molecule has 0 bridgehead atoms. The summed E-state index contributed by atoms with van der Waals surface area (Å²) in [6.07, 6.45) is 1.12. The van der Waals surface area contributed by atoms with Crippen molar-refractivity contribution < 1.29 is 4.74 Å². The van der Waals surface area contributed by atoms with E-state index in [2.05, 4.69) is 42.6 Å². The molecule has 3 rings (SSSR count). The first-order chi connectivity index (χ1) is 9.29. The first-order valence-corrected chi connectivity index (χ1v) is 6.76. The SMILES string of the molecule is COc1ccc(-c2cccc3c2CNCC3)c(C)c1. The second-order valence-corrected chi connectivity index (χ2v) is 5.05. The van der Waals surface area contributed by atoms with Crippen molar-refractivity contribution in [2.24, 2.45) is 0 Å². The Morgan fingerprint density at radius 3 is 2.79 bits per heavy atom. The number of hydrogen-bond donors (Lipinski definition) is 1. The number of hydrogen-bond acceptors (Lipinski definition) is 2. The summed E-state index contributed by atoms with van der Waals surface area (Å²) in [4.78, 5) is 0. The molecule has 0 atom stereocenters. The average Bonchev–Trinajstić information content (AvgIpc) is 2.46. The van der Waals surface area contributed by atoms with Crippen LogP contribution in [0.1, 0.15) is 16.7 Å². The fourth-order valence-corrected chi connectivity index (χ4v) is 2.83. The van der Waals surface area contributed by atoms with E-state index in [0.29, 0.717) is 0 Å². The van der Waals surface area contributed by atoms with Crippen LogP contribution in [0.25, 0.3) is 11.1 Å². The van der Waals surface area contributed by atoms with E-state index in [1.807, 2.05) is 6.07 Å². The van der Waals surface area contributed by atoms with Crippen LogP contribution in [-0.4, -0.2) is 13.7 Å². The molecule has 0 fully saturated rings. The van der Waals surface area contributed by atoms with Gasteiger partial charge in [0.05, 0.1) is 7.11 Å². The molecule has 1 heterocycles. The van der Waals surface area contributed by atoms with Gasteiger partial charge < -0.3 is 10.1 Å². The Labute approximate surface area is 114 Å². The van der Waals surface area contributed by atoms with Crippen LogP contribution in [0.15, 0.2) is 36.4 Å². The zero-order valence-corrected chi connectivity index (χ0v) is 11.5. The normalized spacial score (nSPS) is 14.0. The van der Waals surface area contributed by atoms with Crippen LogP contribution in [0.5, 0.6) is 5.75 Å². The van der Waals surface area contributed by atoms with Crippen LogP contribution >= 0.6 is 0 Å². The smallest absolute Gasteiger partial charge is 0.119 e. The maximum absolute atomic E-state index is 5.29. The summed E-state index contributed by atoms with van der Waals surface area (Å²) in [6, 6.07) is 12.9. The van der Waals surface area contributed by atoms with Gasteiger partial charge in [0, 0.05) is 6.54 Å². The minimum absolute atomic E-state index is 0.921. The Kier molecular flexibility index (Phi) is 3.26. The fourth-order valence-electron chi connectivity index (χ4n) is 2.83. The van der Waals surface area contributed by atoms with Crippen molar-refractivity contribution in [1.82, 2.24) is 5.32 Å². The number of benzene rings is 2. The van der Waals surface area contributed by atoms with E-state index in [9.17, 15) is 0 Å². The quantitative estimate of drug-likeness (QED) is 0.886. The van der Waals surface area contributed by atoms with Crippen molar-refractivity contribution in [3.63, 3.8) is 0 Å². The van der Waals surface area contributed by atoms with Crippen LogP contribution in [0.3, 0.4) is 0 Å². The fraction of sp³-hybridized carbons (Fsp3) is 0.294. The van der Waals surface area contributed by atoms with Crippen molar-refractivity contribution in [3.8, 4) is 16.9 Å². The van der Waals surface area contributed by atoms with E-state index in [1.54, 1.807) is 7.11 Å². The highest BCUT2D eigenvalue weighted by molar-refractivity contribution is 5.72. The van der Waals surface area contributed by atoms with Crippen LogP contribution < -0.4 is 10.1 Å². The van der Waals surface area contributed by atoms with Crippen molar-refractivity contribution in [2.75, 3.05) is 13.7 Å². The number of methoxy groups -OCH3 is 1. The number of fused-ring (bicyclic) bond motifs is 1.